The van der Waals surface area contributed by atoms with Gasteiger partial charge in [-0.2, -0.15) is 0 Å². The van der Waals surface area contributed by atoms with Gasteiger partial charge in [0, 0.05) is 25.1 Å². The van der Waals surface area contributed by atoms with E-state index in [1.165, 1.54) is 25.7 Å². The van der Waals surface area contributed by atoms with Crippen molar-refractivity contribution in [3.8, 4) is 0 Å². The van der Waals surface area contributed by atoms with Gasteiger partial charge < -0.3 is 4.90 Å². The predicted molar refractivity (Wildman–Crippen MR) is 79.0 cm³/mol. The number of anilines is 1. The van der Waals surface area contributed by atoms with Crippen molar-refractivity contribution in [3.05, 3.63) is 16.5 Å². The average Bonchev–Trinajstić information content (AvgIpc) is 2.38. The van der Waals surface area contributed by atoms with Crippen LogP contribution in [0.5, 0.6) is 0 Å². The van der Waals surface area contributed by atoms with Gasteiger partial charge in [-0.25, -0.2) is 9.97 Å². The molecule has 100 valence electrons. The van der Waals surface area contributed by atoms with Crippen molar-refractivity contribution in [2.75, 3.05) is 11.4 Å². The minimum Gasteiger partial charge on any atom is -0.354 e. The van der Waals surface area contributed by atoms with E-state index in [4.69, 9.17) is 4.98 Å². The summed E-state index contributed by atoms with van der Waals surface area (Å²) in [4.78, 5) is 11.6. The van der Waals surface area contributed by atoms with Crippen molar-refractivity contribution in [2.45, 2.75) is 58.4 Å². The van der Waals surface area contributed by atoms with Crippen LogP contribution in [-0.2, 0) is 6.42 Å². The van der Waals surface area contributed by atoms with E-state index >= 15 is 0 Å². The van der Waals surface area contributed by atoms with Gasteiger partial charge in [-0.3, -0.25) is 0 Å². The molecule has 1 aliphatic rings. The second kappa shape index (κ2) is 6.50. The van der Waals surface area contributed by atoms with Crippen molar-refractivity contribution in [1.29, 1.82) is 0 Å². The third-order valence-corrected chi connectivity index (χ3v) is 4.00. The molecule has 0 spiro atoms. The molecule has 1 atom stereocenters. The lowest BCUT2D eigenvalue weighted by Crippen LogP contribution is -2.39. The predicted octanol–water partition coefficient (Wildman–Crippen LogP) is 3.96. The first kappa shape index (κ1) is 13.8. The summed E-state index contributed by atoms with van der Waals surface area (Å²) in [6, 6.07) is 2.71. The van der Waals surface area contributed by atoms with Crippen LogP contribution in [0.4, 0.5) is 5.82 Å². The van der Waals surface area contributed by atoms with E-state index in [0.29, 0.717) is 6.04 Å². The van der Waals surface area contributed by atoms with E-state index in [1.54, 1.807) is 0 Å². The summed E-state index contributed by atoms with van der Waals surface area (Å²) in [5.74, 6) is 2.06. The lowest BCUT2D eigenvalue weighted by atomic mass is 10.0. The van der Waals surface area contributed by atoms with E-state index in [-0.39, 0.29) is 0 Å². The Morgan fingerprint density at radius 3 is 2.89 bits per heavy atom. The van der Waals surface area contributed by atoms with Gasteiger partial charge in [-0.1, -0.05) is 13.8 Å². The number of halogens is 1. The van der Waals surface area contributed by atoms with Gasteiger partial charge in [0.1, 0.15) is 16.2 Å². The molecule has 2 heterocycles. The van der Waals surface area contributed by atoms with Crippen LogP contribution in [0.2, 0.25) is 0 Å². The van der Waals surface area contributed by atoms with Crippen LogP contribution in [0.3, 0.4) is 0 Å². The normalized spacial score (nSPS) is 20.2. The lowest BCUT2D eigenvalue weighted by Gasteiger charge is -2.36. The molecule has 0 amide bonds. The van der Waals surface area contributed by atoms with E-state index in [0.717, 1.165) is 35.6 Å². The van der Waals surface area contributed by atoms with Gasteiger partial charge in [0.25, 0.3) is 0 Å². The highest BCUT2D eigenvalue weighted by Gasteiger charge is 2.22. The van der Waals surface area contributed by atoms with Crippen LogP contribution >= 0.6 is 15.9 Å². The molecule has 1 fully saturated rings. The van der Waals surface area contributed by atoms with Gasteiger partial charge >= 0.3 is 0 Å². The molecule has 18 heavy (non-hydrogen) atoms. The summed E-state index contributed by atoms with van der Waals surface area (Å²) in [6.45, 7) is 5.57. The van der Waals surface area contributed by atoms with E-state index in [2.05, 4.69) is 45.7 Å². The van der Waals surface area contributed by atoms with Crippen LogP contribution in [0.15, 0.2) is 10.7 Å². The first-order chi connectivity index (χ1) is 8.74. The highest BCUT2D eigenvalue weighted by atomic mass is 79.9. The fraction of sp³-hybridized carbons (Fsp3) is 0.714. The third kappa shape index (κ3) is 3.22. The average molecular weight is 312 g/mol. The Kier molecular flexibility index (Phi) is 4.98. The number of piperidine rings is 1. The highest BCUT2D eigenvalue weighted by molar-refractivity contribution is 9.10. The van der Waals surface area contributed by atoms with Crippen molar-refractivity contribution < 1.29 is 0 Å². The Morgan fingerprint density at radius 2 is 2.17 bits per heavy atom. The molecule has 1 saturated heterocycles. The molecule has 0 radical (unpaired) electrons. The monoisotopic (exact) mass is 311 g/mol. The van der Waals surface area contributed by atoms with Gasteiger partial charge in [0.05, 0.1) is 0 Å². The van der Waals surface area contributed by atoms with Crippen LogP contribution in [0.25, 0.3) is 0 Å². The van der Waals surface area contributed by atoms with Crippen LogP contribution in [0, 0.1) is 0 Å². The summed E-state index contributed by atoms with van der Waals surface area (Å²) >= 11 is 3.51. The number of rotatable bonds is 4. The summed E-state index contributed by atoms with van der Waals surface area (Å²) in [6.07, 6.45) is 7.17. The van der Waals surface area contributed by atoms with Crippen molar-refractivity contribution in [2.24, 2.45) is 0 Å². The zero-order chi connectivity index (χ0) is 13.0. The van der Waals surface area contributed by atoms with E-state index in [1.807, 2.05) is 0 Å². The summed E-state index contributed by atoms with van der Waals surface area (Å²) in [5, 5.41) is 0. The zero-order valence-corrected chi connectivity index (χ0v) is 12.9. The fourth-order valence-corrected chi connectivity index (χ4v) is 3.07. The molecule has 0 aliphatic carbocycles. The molecule has 1 aliphatic heterocycles. The number of hydrogen-bond donors (Lipinski definition) is 0. The maximum Gasteiger partial charge on any atom is 0.133 e. The minimum atomic E-state index is 0.648. The van der Waals surface area contributed by atoms with E-state index in [9.17, 15) is 0 Å². The number of nitrogens with zero attached hydrogens (tertiary/aromatic N) is 3. The fourth-order valence-electron chi connectivity index (χ4n) is 2.66. The molecule has 2 rings (SSSR count). The zero-order valence-electron chi connectivity index (χ0n) is 11.3. The van der Waals surface area contributed by atoms with Gasteiger partial charge in [-0.15, -0.1) is 0 Å². The lowest BCUT2D eigenvalue weighted by molar-refractivity contribution is 0.446. The summed E-state index contributed by atoms with van der Waals surface area (Å²) in [7, 11) is 0. The molecule has 0 bridgehead atoms. The van der Waals surface area contributed by atoms with Crippen molar-refractivity contribution in [3.63, 3.8) is 0 Å². The number of aryl methyl sites for hydroxylation is 1. The smallest absolute Gasteiger partial charge is 0.133 e. The Hall–Kier alpha value is -0.640. The molecule has 1 aromatic heterocycles. The Bertz CT molecular complexity index is 395. The number of hydrogen-bond acceptors (Lipinski definition) is 3. The topological polar surface area (TPSA) is 29.0 Å². The molecular weight excluding hydrogens is 290 g/mol. The highest BCUT2D eigenvalue weighted by Crippen LogP contribution is 2.26. The van der Waals surface area contributed by atoms with Gasteiger partial charge in [0.2, 0.25) is 0 Å². The standard InChI is InChI=1S/C14H22BrN3/c1-3-7-13-16-12(15)10-14(17-13)18-9-6-5-8-11(18)4-2/h10-11H,3-9H2,1-2H3. The summed E-state index contributed by atoms with van der Waals surface area (Å²) in [5.41, 5.74) is 0. The molecule has 1 aromatic rings. The molecule has 0 aromatic carbocycles. The first-order valence-electron chi connectivity index (χ1n) is 7.04. The molecule has 0 saturated carbocycles. The van der Waals surface area contributed by atoms with Gasteiger partial charge in [-0.05, 0) is 48.0 Å². The van der Waals surface area contributed by atoms with Crippen molar-refractivity contribution >= 4 is 21.7 Å². The number of aromatic nitrogens is 2. The first-order valence-corrected chi connectivity index (χ1v) is 7.84. The Morgan fingerprint density at radius 1 is 1.33 bits per heavy atom. The maximum atomic E-state index is 4.73. The van der Waals surface area contributed by atoms with Crippen molar-refractivity contribution in [1.82, 2.24) is 9.97 Å². The largest absolute Gasteiger partial charge is 0.354 e. The summed E-state index contributed by atoms with van der Waals surface area (Å²) < 4.78 is 0.913. The van der Waals surface area contributed by atoms with E-state index < -0.39 is 0 Å². The van der Waals surface area contributed by atoms with Crippen LogP contribution in [0.1, 0.15) is 51.8 Å². The second-order valence-corrected chi connectivity index (χ2v) is 5.78. The molecule has 1 unspecified atom stereocenters. The molecule has 4 heteroatoms. The van der Waals surface area contributed by atoms with Crippen LogP contribution < -0.4 is 4.90 Å². The van der Waals surface area contributed by atoms with Gasteiger partial charge in [0.15, 0.2) is 0 Å². The molecule has 0 N–H and O–H groups in total. The molecule has 3 nitrogen and oxygen atoms in total. The SMILES string of the molecule is CCCc1nc(Br)cc(N2CCCCC2CC)n1. The second-order valence-electron chi connectivity index (χ2n) is 4.97. The molecular formula is C14H22BrN3. The minimum absolute atomic E-state index is 0.648. The maximum absolute atomic E-state index is 4.73. The third-order valence-electron chi connectivity index (χ3n) is 3.59. The Balaban J connectivity index is 2.24. The van der Waals surface area contributed by atoms with Crippen LogP contribution in [-0.4, -0.2) is 22.6 Å². The quantitative estimate of drug-likeness (QED) is 0.788. The Labute approximate surface area is 118 Å².